The van der Waals surface area contributed by atoms with Crippen molar-refractivity contribution in [2.75, 3.05) is 7.05 Å². The average Bonchev–Trinajstić information content (AvgIpc) is 1.94. The monoisotopic (exact) mass is 147 g/mol. The van der Waals surface area contributed by atoms with E-state index in [1.165, 1.54) is 0 Å². The van der Waals surface area contributed by atoms with Crippen molar-refractivity contribution in [2.24, 2.45) is 0 Å². The highest BCUT2D eigenvalue weighted by atomic mass is 15.1. The van der Waals surface area contributed by atoms with Gasteiger partial charge in [0.2, 0.25) is 0 Å². The Bertz CT molecular complexity index is 256. The van der Waals surface area contributed by atoms with Gasteiger partial charge in [0.1, 0.15) is 0 Å². The Morgan fingerprint density at radius 2 is 2.18 bits per heavy atom. The fourth-order valence-corrected chi connectivity index (χ4v) is 1.06. The zero-order valence-electron chi connectivity index (χ0n) is 7.09. The third kappa shape index (κ3) is 1.43. The van der Waals surface area contributed by atoms with Crippen LogP contribution in [0, 0.1) is 0 Å². The molecular weight excluding hydrogens is 134 g/mol. The molecule has 0 aromatic rings. The van der Waals surface area contributed by atoms with Gasteiger partial charge in [-0.2, -0.15) is 0 Å². The molecule has 1 rings (SSSR count). The van der Waals surface area contributed by atoms with E-state index in [0.717, 1.165) is 17.0 Å². The summed E-state index contributed by atoms with van der Waals surface area (Å²) >= 11 is 0. The van der Waals surface area contributed by atoms with Crippen LogP contribution in [0.4, 0.5) is 0 Å². The van der Waals surface area contributed by atoms with Crippen LogP contribution in [0.2, 0.25) is 0 Å². The maximum Gasteiger partial charge on any atom is 0.0431 e. The Morgan fingerprint density at radius 1 is 1.55 bits per heavy atom. The van der Waals surface area contributed by atoms with E-state index < -0.39 is 0 Å². The summed E-state index contributed by atoms with van der Waals surface area (Å²) in [5.41, 5.74) is 3.21. The Balaban J connectivity index is 2.96. The Kier molecular flexibility index (Phi) is 1.99. The van der Waals surface area contributed by atoms with Crippen LogP contribution in [0.15, 0.2) is 48.4 Å². The topological polar surface area (TPSA) is 3.24 Å². The van der Waals surface area contributed by atoms with E-state index in [9.17, 15) is 0 Å². The molecule has 1 heterocycles. The molecule has 0 fully saturated rings. The minimum Gasteiger partial charge on any atom is -0.345 e. The molecule has 0 aromatic carbocycles. The summed E-state index contributed by atoms with van der Waals surface area (Å²) in [7, 11) is 1.99. The second-order valence-electron chi connectivity index (χ2n) is 2.74. The van der Waals surface area contributed by atoms with Crippen molar-refractivity contribution < 1.29 is 0 Å². The van der Waals surface area contributed by atoms with Gasteiger partial charge in [0.15, 0.2) is 0 Å². The molecule has 0 unspecified atom stereocenters. The third-order valence-corrected chi connectivity index (χ3v) is 1.77. The first-order chi connectivity index (χ1) is 5.13. The highest BCUT2D eigenvalue weighted by molar-refractivity contribution is 5.38. The summed E-state index contributed by atoms with van der Waals surface area (Å²) in [6.07, 6.45) is 6.01. The standard InChI is InChI=1S/C10H13N/c1-8(2)10-7-5-6-9(3)11(10)4/h5-7H,1,3H2,2,4H3. The smallest absolute Gasteiger partial charge is 0.0431 e. The number of hydrogen-bond acceptors (Lipinski definition) is 1. The molecule has 0 saturated carbocycles. The first kappa shape index (κ1) is 7.86. The number of allylic oxidation sites excluding steroid dienone is 4. The first-order valence-electron chi connectivity index (χ1n) is 3.60. The molecule has 0 atom stereocenters. The lowest BCUT2D eigenvalue weighted by Gasteiger charge is -2.25. The predicted molar refractivity (Wildman–Crippen MR) is 48.9 cm³/mol. The Labute approximate surface area is 68.0 Å². The van der Waals surface area contributed by atoms with E-state index in [4.69, 9.17) is 0 Å². The van der Waals surface area contributed by atoms with Crippen LogP contribution in [0.1, 0.15) is 6.92 Å². The number of likely N-dealkylation sites (N-methyl/N-ethyl adjacent to an activating group) is 1. The molecular formula is C10H13N. The molecule has 1 aliphatic rings. The van der Waals surface area contributed by atoms with Crippen LogP contribution in [0.25, 0.3) is 0 Å². The molecule has 0 aromatic heterocycles. The zero-order chi connectivity index (χ0) is 8.43. The lowest BCUT2D eigenvalue weighted by atomic mass is 10.1. The van der Waals surface area contributed by atoms with Crippen molar-refractivity contribution in [1.29, 1.82) is 0 Å². The van der Waals surface area contributed by atoms with Crippen molar-refractivity contribution >= 4 is 0 Å². The summed E-state index contributed by atoms with van der Waals surface area (Å²) < 4.78 is 0. The van der Waals surface area contributed by atoms with Crippen LogP contribution in [0.5, 0.6) is 0 Å². The maximum atomic E-state index is 3.88. The highest BCUT2D eigenvalue weighted by Gasteiger charge is 2.08. The largest absolute Gasteiger partial charge is 0.345 e. The highest BCUT2D eigenvalue weighted by Crippen LogP contribution is 2.20. The van der Waals surface area contributed by atoms with Crippen molar-refractivity contribution in [2.45, 2.75) is 6.92 Å². The van der Waals surface area contributed by atoms with Gasteiger partial charge in [-0.15, -0.1) is 0 Å². The van der Waals surface area contributed by atoms with Crippen LogP contribution < -0.4 is 0 Å². The molecule has 1 nitrogen and oxygen atoms in total. The average molecular weight is 147 g/mol. The van der Waals surface area contributed by atoms with Gasteiger partial charge in [-0.05, 0) is 24.6 Å². The quantitative estimate of drug-likeness (QED) is 0.550. The van der Waals surface area contributed by atoms with Crippen LogP contribution in [-0.2, 0) is 0 Å². The number of hydrogen-bond donors (Lipinski definition) is 0. The van der Waals surface area contributed by atoms with Crippen LogP contribution in [-0.4, -0.2) is 11.9 Å². The number of nitrogens with zero attached hydrogens (tertiary/aromatic N) is 1. The molecule has 0 bridgehead atoms. The summed E-state index contributed by atoms with van der Waals surface area (Å²) in [5.74, 6) is 0. The normalized spacial score (nSPS) is 16.7. The van der Waals surface area contributed by atoms with Gasteiger partial charge in [0.25, 0.3) is 0 Å². The third-order valence-electron chi connectivity index (χ3n) is 1.77. The van der Waals surface area contributed by atoms with E-state index in [-0.39, 0.29) is 0 Å². The van der Waals surface area contributed by atoms with Crippen molar-refractivity contribution in [3.63, 3.8) is 0 Å². The lowest BCUT2D eigenvalue weighted by molar-refractivity contribution is 0.543. The van der Waals surface area contributed by atoms with E-state index in [2.05, 4.69) is 13.2 Å². The van der Waals surface area contributed by atoms with Gasteiger partial charge in [-0.25, -0.2) is 0 Å². The van der Waals surface area contributed by atoms with E-state index in [1.807, 2.05) is 37.1 Å². The molecule has 0 aliphatic carbocycles. The van der Waals surface area contributed by atoms with Gasteiger partial charge in [-0.1, -0.05) is 19.2 Å². The lowest BCUT2D eigenvalue weighted by Crippen LogP contribution is -2.17. The first-order valence-corrected chi connectivity index (χ1v) is 3.60. The molecule has 0 N–H and O–H groups in total. The molecule has 58 valence electrons. The summed E-state index contributed by atoms with van der Waals surface area (Å²) in [4.78, 5) is 2.03. The Hall–Kier alpha value is -1.24. The van der Waals surface area contributed by atoms with Crippen molar-refractivity contribution in [3.8, 4) is 0 Å². The van der Waals surface area contributed by atoms with Gasteiger partial charge >= 0.3 is 0 Å². The summed E-state index contributed by atoms with van der Waals surface area (Å²) in [6, 6.07) is 0. The van der Waals surface area contributed by atoms with Crippen molar-refractivity contribution in [1.82, 2.24) is 4.90 Å². The molecule has 1 heteroatoms. The summed E-state index contributed by atoms with van der Waals surface area (Å²) in [5, 5.41) is 0. The molecule has 0 amide bonds. The number of rotatable bonds is 1. The van der Waals surface area contributed by atoms with E-state index >= 15 is 0 Å². The van der Waals surface area contributed by atoms with Gasteiger partial charge in [0.05, 0.1) is 0 Å². The predicted octanol–water partition coefficient (Wildman–Crippen LogP) is 2.46. The van der Waals surface area contributed by atoms with Crippen molar-refractivity contribution in [3.05, 3.63) is 48.4 Å². The Morgan fingerprint density at radius 3 is 2.64 bits per heavy atom. The molecule has 0 radical (unpaired) electrons. The van der Waals surface area contributed by atoms with Gasteiger partial charge in [-0.3, -0.25) is 0 Å². The molecule has 1 aliphatic heterocycles. The second-order valence-corrected chi connectivity index (χ2v) is 2.74. The van der Waals surface area contributed by atoms with Gasteiger partial charge < -0.3 is 4.90 Å². The molecule has 0 saturated heterocycles. The van der Waals surface area contributed by atoms with Gasteiger partial charge in [0, 0.05) is 18.4 Å². The molecule has 0 spiro atoms. The zero-order valence-corrected chi connectivity index (χ0v) is 7.09. The minimum atomic E-state index is 1.01. The fraction of sp³-hybridized carbons (Fsp3) is 0.200. The second kappa shape index (κ2) is 2.79. The SMILES string of the molecule is C=C(C)C1=CC=CC(=C)N1C. The molecule has 11 heavy (non-hydrogen) atoms. The van der Waals surface area contributed by atoms with E-state index in [0.29, 0.717) is 0 Å². The minimum absolute atomic E-state index is 1.01. The van der Waals surface area contributed by atoms with E-state index in [1.54, 1.807) is 0 Å². The van der Waals surface area contributed by atoms with Crippen LogP contribution in [0.3, 0.4) is 0 Å². The maximum absolute atomic E-state index is 3.88. The summed E-state index contributed by atoms with van der Waals surface area (Å²) in [6.45, 7) is 9.76. The van der Waals surface area contributed by atoms with Crippen LogP contribution >= 0.6 is 0 Å². The fourth-order valence-electron chi connectivity index (χ4n) is 1.06.